The van der Waals surface area contributed by atoms with Crippen LogP contribution in [0.15, 0.2) is 0 Å². The number of rotatable bonds is 9. The van der Waals surface area contributed by atoms with Crippen molar-refractivity contribution in [2.75, 3.05) is 26.3 Å². The van der Waals surface area contributed by atoms with Gasteiger partial charge < -0.3 is 10.1 Å². The van der Waals surface area contributed by atoms with E-state index in [4.69, 9.17) is 4.74 Å². The molecule has 126 valence electrons. The van der Waals surface area contributed by atoms with Gasteiger partial charge in [0.05, 0.1) is 6.61 Å². The van der Waals surface area contributed by atoms with Gasteiger partial charge in [0.2, 0.25) is 0 Å². The number of ether oxygens (including phenoxy) is 1. The van der Waals surface area contributed by atoms with Gasteiger partial charge in [0.25, 0.3) is 0 Å². The van der Waals surface area contributed by atoms with Crippen LogP contribution in [0.2, 0.25) is 0 Å². The average Bonchev–Trinajstić information content (AvgIpc) is 2.43. The molecule has 1 fully saturated rings. The number of nitrogens with one attached hydrogen (secondary N) is 1. The lowest BCUT2D eigenvalue weighted by atomic mass is 9.69. The lowest BCUT2D eigenvalue weighted by Crippen LogP contribution is -2.42. The summed E-state index contributed by atoms with van der Waals surface area (Å²) in [5, 5.41) is 3.30. The van der Waals surface area contributed by atoms with Crippen molar-refractivity contribution in [3.8, 4) is 0 Å². The van der Waals surface area contributed by atoms with E-state index in [1.807, 2.05) is 6.92 Å². The Morgan fingerprint density at radius 1 is 1.19 bits per heavy atom. The fraction of sp³-hybridized carbons (Fsp3) is 1.00. The minimum absolute atomic E-state index is 0.107. The SMILES string of the molecule is CCCCC1CCC(CNCC)(COCC(F)(F)F)CC1. The number of hydrogen-bond donors (Lipinski definition) is 1. The molecule has 0 saturated heterocycles. The molecule has 0 atom stereocenters. The summed E-state index contributed by atoms with van der Waals surface area (Å²) >= 11 is 0. The van der Waals surface area contributed by atoms with Gasteiger partial charge in [-0.05, 0) is 38.1 Å². The van der Waals surface area contributed by atoms with E-state index in [1.54, 1.807) is 0 Å². The van der Waals surface area contributed by atoms with Crippen LogP contribution >= 0.6 is 0 Å². The summed E-state index contributed by atoms with van der Waals surface area (Å²) in [5.74, 6) is 0.752. The van der Waals surface area contributed by atoms with Crippen LogP contribution in [0, 0.1) is 11.3 Å². The van der Waals surface area contributed by atoms with Crippen LogP contribution in [0.25, 0.3) is 0 Å². The smallest absolute Gasteiger partial charge is 0.371 e. The minimum atomic E-state index is -4.22. The summed E-state index contributed by atoms with van der Waals surface area (Å²) in [6.07, 6.45) is 3.72. The maximum absolute atomic E-state index is 12.2. The summed E-state index contributed by atoms with van der Waals surface area (Å²) in [5.41, 5.74) is -0.107. The lowest BCUT2D eigenvalue weighted by molar-refractivity contribution is -0.182. The molecule has 1 saturated carbocycles. The Morgan fingerprint density at radius 3 is 2.38 bits per heavy atom. The van der Waals surface area contributed by atoms with Gasteiger partial charge in [0, 0.05) is 12.0 Å². The second kappa shape index (κ2) is 8.99. The van der Waals surface area contributed by atoms with Crippen LogP contribution in [0.1, 0.15) is 58.8 Å². The zero-order valence-corrected chi connectivity index (χ0v) is 13.4. The van der Waals surface area contributed by atoms with E-state index in [0.29, 0.717) is 0 Å². The Hall–Kier alpha value is -0.290. The zero-order chi connectivity index (χ0) is 15.8. The predicted molar refractivity (Wildman–Crippen MR) is 79.3 cm³/mol. The molecule has 2 nitrogen and oxygen atoms in total. The molecule has 1 N–H and O–H groups in total. The molecule has 0 unspecified atom stereocenters. The van der Waals surface area contributed by atoms with Gasteiger partial charge in [0.15, 0.2) is 0 Å². The standard InChI is InChI=1S/C16H30F3NO/c1-3-5-6-14-7-9-15(10-8-14,11-20-4-2)12-21-13-16(17,18)19/h14,20H,3-13H2,1-2H3. The molecule has 5 heteroatoms. The molecule has 0 bridgehead atoms. The minimum Gasteiger partial charge on any atom is -0.371 e. The van der Waals surface area contributed by atoms with Crippen molar-refractivity contribution in [1.82, 2.24) is 5.32 Å². The number of hydrogen-bond acceptors (Lipinski definition) is 2. The summed E-state index contributed by atoms with van der Waals surface area (Å²) < 4.78 is 41.7. The topological polar surface area (TPSA) is 21.3 Å². The highest BCUT2D eigenvalue weighted by molar-refractivity contribution is 4.87. The summed E-state index contributed by atoms with van der Waals surface area (Å²) in [4.78, 5) is 0. The van der Waals surface area contributed by atoms with E-state index < -0.39 is 12.8 Å². The van der Waals surface area contributed by atoms with Crippen LogP contribution < -0.4 is 5.32 Å². The monoisotopic (exact) mass is 309 g/mol. The van der Waals surface area contributed by atoms with Crippen molar-refractivity contribution < 1.29 is 17.9 Å². The van der Waals surface area contributed by atoms with E-state index in [0.717, 1.165) is 44.7 Å². The Labute approximate surface area is 126 Å². The Kier molecular flexibility index (Phi) is 8.03. The number of halogens is 3. The third-order valence-corrected chi connectivity index (χ3v) is 4.56. The fourth-order valence-electron chi connectivity index (χ4n) is 3.22. The second-order valence-electron chi connectivity index (χ2n) is 6.47. The summed E-state index contributed by atoms with van der Waals surface area (Å²) in [6, 6.07) is 0. The molecule has 0 aromatic rings. The van der Waals surface area contributed by atoms with Crippen molar-refractivity contribution in [2.45, 2.75) is 65.0 Å². The molecule has 1 aliphatic carbocycles. The molecule has 0 aromatic heterocycles. The largest absolute Gasteiger partial charge is 0.411 e. The molecular formula is C16H30F3NO. The van der Waals surface area contributed by atoms with Gasteiger partial charge in [0.1, 0.15) is 6.61 Å². The highest BCUT2D eigenvalue weighted by Crippen LogP contribution is 2.40. The first kappa shape index (κ1) is 18.8. The first-order valence-electron chi connectivity index (χ1n) is 8.26. The van der Waals surface area contributed by atoms with E-state index in [9.17, 15) is 13.2 Å². The Balaban J connectivity index is 2.44. The molecule has 0 heterocycles. The molecule has 0 aliphatic heterocycles. The van der Waals surface area contributed by atoms with Crippen LogP contribution in [0.3, 0.4) is 0 Å². The molecule has 1 rings (SSSR count). The third kappa shape index (κ3) is 7.50. The molecule has 21 heavy (non-hydrogen) atoms. The van der Waals surface area contributed by atoms with Crippen LogP contribution in [-0.2, 0) is 4.74 Å². The van der Waals surface area contributed by atoms with Gasteiger partial charge >= 0.3 is 6.18 Å². The van der Waals surface area contributed by atoms with Crippen LogP contribution in [-0.4, -0.2) is 32.5 Å². The van der Waals surface area contributed by atoms with Crippen molar-refractivity contribution >= 4 is 0 Å². The first-order valence-corrected chi connectivity index (χ1v) is 8.26. The molecule has 0 amide bonds. The molecular weight excluding hydrogens is 279 g/mol. The maximum atomic E-state index is 12.2. The third-order valence-electron chi connectivity index (χ3n) is 4.56. The van der Waals surface area contributed by atoms with Crippen molar-refractivity contribution in [2.24, 2.45) is 11.3 Å². The van der Waals surface area contributed by atoms with Gasteiger partial charge in [-0.2, -0.15) is 13.2 Å². The molecule has 1 aliphatic rings. The summed E-state index contributed by atoms with van der Waals surface area (Å²) in [7, 11) is 0. The highest BCUT2D eigenvalue weighted by Gasteiger charge is 2.36. The van der Waals surface area contributed by atoms with E-state index >= 15 is 0 Å². The van der Waals surface area contributed by atoms with Crippen molar-refractivity contribution in [1.29, 1.82) is 0 Å². The van der Waals surface area contributed by atoms with E-state index in [1.165, 1.54) is 19.3 Å². The van der Waals surface area contributed by atoms with Gasteiger partial charge in [-0.25, -0.2) is 0 Å². The first-order chi connectivity index (χ1) is 9.91. The quantitative estimate of drug-likeness (QED) is 0.675. The maximum Gasteiger partial charge on any atom is 0.411 e. The normalized spacial score (nSPS) is 27.0. The van der Waals surface area contributed by atoms with Crippen LogP contribution in [0.4, 0.5) is 13.2 Å². The fourth-order valence-corrected chi connectivity index (χ4v) is 3.22. The molecule has 0 aromatic carbocycles. The van der Waals surface area contributed by atoms with Crippen LogP contribution in [0.5, 0.6) is 0 Å². The Bertz CT molecular complexity index is 273. The van der Waals surface area contributed by atoms with E-state index in [-0.39, 0.29) is 12.0 Å². The van der Waals surface area contributed by atoms with Crippen molar-refractivity contribution in [3.63, 3.8) is 0 Å². The van der Waals surface area contributed by atoms with Gasteiger partial charge in [-0.3, -0.25) is 0 Å². The lowest BCUT2D eigenvalue weighted by Gasteiger charge is -2.40. The average molecular weight is 309 g/mol. The van der Waals surface area contributed by atoms with E-state index in [2.05, 4.69) is 12.2 Å². The molecule has 0 radical (unpaired) electrons. The van der Waals surface area contributed by atoms with Gasteiger partial charge in [-0.1, -0.05) is 33.1 Å². The van der Waals surface area contributed by atoms with Gasteiger partial charge in [-0.15, -0.1) is 0 Å². The second-order valence-corrected chi connectivity index (χ2v) is 6.47. The zero-order valence-electron chi connectivity index (χ0n) is 13.4. The summed E-state index contributed by atoms with van der Waals surface area (Å²) in [6.45, 7) is 4.93. The Morgan fingerprint density at radius 2 is 1.86 bits per heavy atom. The number of unbranched alkanes of at least 4 members (excludes halogenated alkanes) is 1. The predicted octanol–water partition coefficient (Wildman–Crippen LogP) is 4.54. The number of alkyl halides is 3. The highest BCUT2D eigenvalue weighted by atomic mass is 19.4. The van der Waals surface area contributed by atoms with Crippen molar-refractivity contribution in [3.05, 3.63) is 0 Å². The molecule has 0 spiro atoms.